The van der Waals surface area contributed by atoms with Crippen LogP contribution in [0.4, 0.5) is 0 Å². The molecule has 94 valence electrons. The lowest BCUT2D eigenvalue weighted by Gasteiger charge is -2.09. The molecule has 2 aromatic rings. The normalized spacial score (nSPS) is 12.4. The number of benzene rings is 1. The molecular formula is C14H15NO3. The van der Waals surface area contributed by atoms with Crippen LogP contribution in [0.15, 0.2) is 30.5 Å². The molecule has 4 nitrogen and oxygen atoms in total. The SMILES string of the molecule is CC(C)(O)/C=C/c1ccc2c(C(=O)O)c[nH]c2c1. The van der Waals surface area contributed by atoms with E-state index < -0.39 is 11.6 Å². The number of aliphatic hydroxyl groups is 1. The molecule has 1 heterocycles. The summed E-state index contributed by atoms with van der Waals surface area (Å²) < 4.78 is 0. The van der Waals surface area contributed by atoms with Crippen LogP contribution in [0.25, 0.3) is 17.0 Å². The molecule has 0 spiro atoms. The molecule has 0 atom stereocenters. The minimum absolute atomic E-state index is 0.267. The minimum atomic E-state index is -0.943. The summed E-state index contributed by atoms with van der Waals surface area (Å²) in [6.45, 7) is 3.39. The molecule has 0 aliphatic rings. The first-order valence-electron chi connectivity index (χ1n) is 5.63. The third-order valence-corrected chi connectivity index (χ3v) is 2.62. The minimum Gasteiger partial charge on any atom is -0.478 e. The largest absolute Gasteiger partial charge is 0.478 e. The van der Waals surface area contributed by atoms with Gasteiger partial charge in [0.2, 0.25) is 0 Å². The monoisotopic (exact) mass is 245 g/mol. The Balaban J connectivity index is 2.41. The second kappa shape index (κ2) is 4.31. The number of hydrogen-bond acceptors (Lipinski definition) is 2. The quantitative estimate of drug-likeness (QED) is 0.778. The van der Waals surface area contributed by atoms with Crippen molar-refractivity contribution in [1.29, 1.82) is 0 Å². The van der Waals surface area contributed by atoms with Gasteiger partial charge in [0.1, 0.15) is 0 Å². The van der Waals surface area contributed by atoms with Crippen LogP contribution in [0.3, 0.4) is 0 Å². The zero-order valence-electron chi connectivity index (χ0n) is 10.3. The molecule has 4 heteroatoms. The van der Waals surface area contributed by atoms with Gasteiger partial charge in [-0.15, -0.1) is 0 Å². The van der Waals surface area contributed by atoms with Gasteiger partial charge in [0, 0.05) is 17.1 Å². The molecule has 0 fully saturated rings. The maximum absolute atomic E-state index is 11.0. The van der Waals surface area contributed by atoms with Gasteiger partial charge in [-0.05, 0) is 25.5 Å². The summed E-state index contributed by atoms with van der Waals surface area (Å²) in [4.78, 5) is 13.9. The van der Waals surface area contributed by atoms with Gasteiger partial charge in [0.15, 0.2) is 0 Å². The van der Waals surface area contributed by atoms with Gasteiger partial charge in [-0.2, -0.15) is 0 Å². The van der Waals surface area contributed by atoms with E-state index >= 15 is 0 Å². The summed E-state index contributed by atoms with van der Waals surface area (Å²) in [5, 5.41) is 19.3. The van der Waals surface area contributed by atoms with E-state index in [9.17, 15) is 9.90 Å². The van der Waals surface area contributed by atoms with Crippen molar-refractivity contribution in [2.24, 2.45) is 0 Å². The summed E-state index contributed by atoms with van der Waals surface area (Å²) in [5.41, 5.74) is 1.08. The molecule has 0 amide bonds. The topological polar surface area (TPSA) is 73.3 Å². The first kappa shape index (κ1) is 12.4. The van der Waals surface area contributed by atoms with E-state index in [-0.39, 0.29) is 5.56 Å². The van der Waals surface area contributed by atoms with Gasteiger partial charge in [-0.25, -0.2) is 4.79 Å². The van der Waals surface area contributed by atoms with E-state index in [0.717, 1.165) is 11.1 Å². The molecule has 1 aromatic carbocycles. The van der Waals surface area contributed by atoms with E-state index in [1.807, 2.05) is 12.1 Å². The van der Waals surface area contributed by atoms with Gasteiger partial charge < -0.3 is 15.2 Å². The number of aromatic amines is 1. The van der Waals surface area contributed by atoms with Gasteiger partial charge in [0.25, 0.3) is 0 Å². The Kier molecular flexibility index (Phi) is 2.97. The number of fused-ring (bicyclic) bond motifs is 1. The lowest BCUT2D eigenvalue weighted by atomic mass is 10.1. The number of H-pyrrole nitrogens is 1. The summed E-state index contributed by atoms with van der Waals surface area (Å²) in [7, 11) is 0. The summed E-state index contributed by atoms with van der Waals surface area (Å²) in [5.74, 6) is -0.943. The van der Waals surface area contributed by atoms with Crippen molar-refractivity contribution in [1.82, 2.24) is 4.98 Å². The Bertz CT molecular complexity index is 617. The highest BCUT2D eigenvalue weighted by atomic mass is 16.4. The zero-order valence-corrected chi connectivity index (χ0v) is 10.3. The van der Waals surface area contributed by atoms with Crippen LogP contribution in [0.5, 0.6) is 0 Å². The van der Waals surface area contributed by atoms with E-state index in [1.54, 1.807) is 32.1 Å². The molecule has 0 aliphatic heterocycles. The van der Waals surface area contributed by atoms with Crippen molar-refractivity contribution >= 4 is 22.9 Å². The van der Waals surface area contributed by atoms with Gasteiger partial charge in [-0.3, -0.25) is 0 Å². The van der Waals surface area contributed by atoms with E-state index in [1.165, 1.54) is 6.20 Å². The summed E-state index contributed by atoms with van der Waals surface area (Å²) in [6, 6.07) is 5.44. The summed E-state index contributed by atoms with van der Waals surface area (Å²) in [6.07, 6.45) is 4.98. The fourth-order valence-electron chi connectivity index (χ4n) is 1.72. The molecule has 3 N–H and O–H groups in total. The maximum Gasteiger partial charge on any atom is 0.337 e. The average Bonchev–Trinajstić information content (AvgIpc) is 2.68. The number of carboxylic acids is 1. The van der Waals surface area contributed by atoms with Crippen molar-refractivity contribution in [2.45, 2.75) is 19.4 Å². The zero-order chi connectivity index (χ0) is 13.3. The van der Waals surface area contributed by atoms with Crippen LogP contribution in [0, 0.1) is 0 Å². The van der Waals surface area contributed by atoms with Crippen LogP contribution in [0.2, 0.25) is 0 Å². The van der Waals surface area contributed by atoms with Crippen LogP contribution in [-0.4, -0.2) is 26.8 Å². The predicted molar refractivity (Wildman–Crippen MR) is 70.6 cm³/mol. The number of aromatic nitrogens is 1. The second-order valence-corrected chi connectivity index (χ2v) is 4.80. The Hall–Kier alpha value is -2.07. The van der Waals surface area contributed by atoms with Crippen LogP contribution in [-0.2, 0) is 0 Å². The molecule has 0 saturated carbocycles. The van der Waals surface area contributed by atoms with Crippen molar-refractivity contribution in [3.05, 3.63) is 41.6 Å². The lowest BCUT2D eigenvalue weighted by Crippen LogP contribution is -2.13. The van der Waals surface area contributed by atoms with Crippen molar-refractivity contribution in [3.63, 3.8) is 0 Å². The molecule has 0 bridgehead atoms. The average molecular weight is 245 g/mol. The maximum atomic E-state index is 11.0. The first-order valence-corrected chi connectivity index (χ1v) is 5.63. The number of aromatic carboxylic acids is 1. The molecule has 1 aromatic heterocycles. The first-order chi connectivity index (χ1) is 8.37. The highest BCUT2D eigenvalue weighted by molar-refractivity contribution is 6.03. The van der Waals surface area contributed by atoms with Crippen LogP contribution < -0.4 is 0 Å². The number of hydrogen-bond donors (Lipinski definition) is 3. The molecule has 0 saturated heterocycles. The van der Waals surface area contributed by atoms with E-state index in [4.69, 9.17) is 5.11 Å². The number of nitrogens with one attached hydrogen (secondary N) is 1. The molecule has 0 unspecified atom stereocenters. The highest BCUT2D eigenvalue weighted by Crippen LogP contribution is 2.20. The molecular weight excluding hydrogens is 230 g/mol. The molecule has 18 heavy (non-hydrogen) atoms. The number of rotatable bonds is 3. The second-order valence-electron chi connectivity index (χ2n) is 4.80. The third kappa shape index (κ3) is 2.60. The predicted octanol–water partition coefficient (Wildman–Crippen LogP) is 2.65. The van der Waals surface area contributed by atoms with Crippen molar-refractivity contribution < 1.29 is 15.0 Å². The molecule has 0 aliphatic carbocycles. The third-order valence-electron chi connectivity index (χ3n) is 2.62. The Morgan fingerprint density at radius 1 is 1.39 bits per heavy atom. The Morgan fingerprint density at radius 3 is 2.72 bits per heavy atom. The van der Waals surface area contributed by atoms with Crippen molar-refractivity contribution in [3.8, 4) is 0 Å². The standard InChI is InChI=1S/C14H15NO3/c1-14(2,18)6-5-9-3-4-10-11(13(16)17)8-15-12(10)7-9/h3-8,15,18H,1-2H3,(H,16,17)/b6-5+. The van der Waals surface area contributed by atoms with E-state index in [0.29, 0.717) is 5.39 Å². The smallest absolute Gasteiger partial charge is 0.337 e. The number of carbonyl (C=O) groups is 1. The fourth-order valence-corrected chi connectivity index (χ4v) is 1.72. The molecule has 0 radical (unpaired) electrons. The van der Waals surface area contributed by atoms with Crippen LogP contribution in [0.1, 0.15) is 29.8 Å². The van der Waals surface area contributed by atoms with Crippen molar-refractivity contribution in [2.75, 3.05) is 0 Å². The summed E-state index contributed by atoms with van der Waals surface area (Å²) >= 11 is 0. The number of carboxylic acid groups (broad SMARTS) is 1. The Labute approximate surface area is 105 Å². The lowest BCUT2D eigenvalue weighted by molar-refractivity contribution is 0.0699. The molecule has 2 rings (SSSR count). The Morgan fingerprint density at radius 2 is 2.11 bits per heavy atom. The van der Waals surface area contributed by atoms with Gasteiger partial charge >= 0.3 is 5.97 Å². The van der Waals surface area contributed by atoms with Gasteiger partial charge in [0.05, 0.1) is 11.2 Å². The van der Waals surface area contributed by atoms with E-state index in [2.05, 4.69) is 4.98 Å². The van der Waals surface area contributed by atoms with Crippen LogP contribution >= 0.6 is 0 Å². The van der Waals surface area contributed by atoms with Gasteiger partial charge in [-0.1, -0.05) is 24.3 Å². The fraction of sp³-hybridized carbons (Fsp3) is 0.214. The highest BCUT2D eigenvalue weighted by Gasteiger charge is 2.10.